The minimum absolute atomic E-state index is 0.0569. The molecule has 138 valence electrons. The number of nitro groups is 1. The largest absolute Gasteiger partial charge is 0.434 e. The molecule has 0 saturated carbocycles. The minimum atomic E-state index is -0.612. The number of nitrogens with one attached hydrogen (secondary N) is 1. The lowest BCUT2D eigenvalue weighted by Crippen LogP contribution is -2.04. The van der Waals surface area contributed by atoms with E-state index in [4.69, 9.17) is 27.9 Å². The highest BCUT2D eigenvalue weighted by Crippen LogP contribution is 2.38. The van der Waals surface area contributed by atoms with Crippen LogP contribution in [0.25, 0.3) is 0 Å². The SMILES string of the molecule is Cc1cc(C)cc(Oc2ncnc(Nc3cccc(Cl)c3Cl)c2[N+](=O)[O-])c1. The molecule has 0 spiro atoms. The standard InChI is InChI=1S/C18H14Cl2N4O3/c1-10-6-11(2)8-12(7-10)27-18-16(24(25)26)17(21-9-22-18)23-14-5-3-4-13(19)15(14)20/h3-9H,1-2H3,(H,21,22,23). The predicted octanol–water partition coefficient (Wildman–Crippen LogP) is 5.84. The van der Waals surface area contributed by atoms with E-state index in [1.54, 1.807) is 30.3 Å². The molecule has 0 atom stereocenters. The van der Waals surface area contributed by atoms with Crippen LogP contribution in [0.15, 0.2) is 42.7 Å². The van der Waals surface area contributed by atoms with Gasteiger partial charge in [-0.1, -0.05) is 35.3 Å². The van der Waals surface area contributed by atoms with Crippen molar-refractivity contribution in [2.45, 2.75) is 13.8 Å². The predicted molar refractivity (Wildman–Crippen MR) is 104 cm³/mol. The van der Waals surface area contributed by atoms with Crippen molar-refractivity contribution in [1.29, 1.82) is 0 Å². The van der Waals surface area contributed by atoms with E-state index in [0.29, 0.717) is 16.5 Å². The Hall–Kier alpha value is -2.90. The first-order chi connectivity index (χ1) is 12.8. The quantitative estimate of drug-likeness (QED) is 0.423. The van der Waals surface area contributed by atoms with Crippen LogP contribution in [0.5, 0.6) is 11.6 Å². The Morgan fingerprint density at radius 2 is 1.81 bits per heavy atom. The Kier molecular flexibility index (Phi) is 5.43. The molecule has 1 heterocycles. The van der Waals surface area contributed by atoms with Gasteiger partial charge in [0, 0.05) is 0 Å². The van der Waals surface area contributed by atoms with E-state index in [1.165, 1.54) is 6.33 Å². The molecule has 1 N–H and O–H groups in total. The van der Waals surface area contributed by atoms with Crippen LogP contribution in [0.3, 0.4) is 0 Å². The fourth-order valence-corrected chi connectivity index (χ4v) is 2.87. The molecule has 7 nitrogen and oxygen atoms in total. The zero-order chi connectivity index (χ0) is 19.6. The van der Waals surface area contributed by atoms with E-state index < -0.39 is 10.6 Å². The molecule has 0 unspecified atom stereocenters. The lowest BCUT2D eigenvalue weighted by molar-refractivity contribution is -0.385. The molecule has 0 amide bonds. The van der Waals surface area contributed by atoms with Gasteiger partial charge in [-0.15, -0.1) is 0 Å². The van der Waals surface area contributed by atoms with Crippen molar-refractivity contribution in [3.8, 4) is 11.6 Å². The lowest BCUT2D eigenvalue weighted by atomic mass is 10.1. The molecule has 0 aliphatic rings. The highest BCUT2D eigenvalue weighted by atomic mass is 35.5. The van der Waals surface area contributed by atoms with Gasteiger partial charge in [-0.25, -0.2) is 4.98 Å². The monoisotopic (exact) mass is 404 g/mol. The zero-order valence-electron chi connectivity index (χ0n) is 14.4. The Morgan fingerprint density at radius 3 is 2.48 bits per heavy atom. The molecule has 0 fully saturated rings. The van der Waals surface area contributed by atoms with Gasteiger partial charge < -0.3 is 10.1 Å². The maximum atomic E-state index is 11.7. The van der Waals surface area contributed by atoms with Crippen molar-refractivity contribution in [2.24, 2.45) is 0 Å². The van der Waals surface area contributed by atoms with E-state index in [0.717, 1.165) is 11.1 Å². The van der Waals surface area contributed by atoms with Gasteiger partial charge in [0.1, 0.15) is 12.1 Å². The molecule has 27 heavy (non-hydrogen) atoms. The first-order valence-electron chi connectivity index (χ1n) is 7.81. The van der Waals surface area contributed by atoms with E-state index in [9.17, 15) is 10.1 Å². The van der Waals surface area contributed by atoms with Crippen molar-refractivity contribution >= 4 is 40.4 Å². The molecular formula is C18H14Cl2N4O3. The van der Waals surface area contributed by atoms with Crippen LogP contribution in [0, 0.1) is 24.0 Å². The smallest absolute Gasteiger partial charge is 0.373 e. The van der Waals surface area contributed by atoms with Gasteiger partial charge >= 0.3 is 11.6 Å². The summed E-state index contributed by atoms with van der Waals surface area (Å²) in [7, 11) is 0. The van der Waals surface area contributed by atoms with E-state index in [1.807, 2.05) is 19.9 Å². The summed E-state index contributed by atoms with van der Waals surface area (Å²) in [5, 5.41) is 15.0. The first-order valence-corrected chi connectivity index (χ1v) is 8.57. The van der Waals surface area contributed by atoms with E-state index >= 15 is 0 Å². The Balaban J connectivity index is 2.02. The molecule has 0 aliphatic carbocycles. The third kappa shape index (κ3) is 4.27. The second-order valence-corrected chi connectivity index (χ2v) is 6.57. The number of aromatic nitrogens is 2. The third-order valence-corrected chi connectivity index (χ3v) is 4.40. The number of hydrogen-bond acceptors (Lipinski definition) is 6. The number of nitrogens with zero attached hydrogens (tertiary/aromatic N) is 3. The van der Waals surface area contributed by atoms with Gasteiger partial charge in [0.15, 0.2) is 0 Å². The van der Waals surface area contributed by atoms with Gasteiger partial charge in [0.2, 0.25) is 5.82 Å². The Morgan fingerprint density at radius 1 is 1.11 bits per heavy atom. The van der Waals surface area contributed by atoms with Crippen LogP contribution in [0.1, 0.15) is 11.1 Å². The number of halogens is 2. The topological polar surface area (TPSA) is 90.2 Å². The molecule has 2 aromatic carbocycles. The van der Waals surface area contributed by atoms with Crippen molar-refractivity contribution < 1.29 is 9.66 Å². The van der Waals surface area contributed by atoms with Crippen LogP contribution >= 0.6 is 23.2 Å². The van der Waals surface area contributed by atoms with Gasteiger partial charge in [-0.3, -0.25) is 10.1 Å². The molecule has 0 radical (unpaired) electrons. The van der Waals surface area contributed by atoms with Gasteiger partial charge in [0.25, 0.3) is 0 Å². The van der Waals surface area contributed by atoms with E-state index in [2.05, 4.69) is 15.3 Å². The van der Waals surface area contributed by atoms with Crippen LogP contribution in [0.2, 0.25) is 10.0 Å². The van der Waals surface area contributed by atoms with Gasteiger partial charge in [0.05, 0.1) is 20.7 Å². The number of rotatable bonds is 5. The van der Waals surface area contributed by atoms with Crippen molar-refractivity contribution in [3.05, 3.63) is 74.0 Å². The average molecular weight is 405 g/mol. The van der Waals surface area contributed by atoms with Gasteiger partial charge in [-0.05, 0) is 49.2 Å². The Labute approximate surface area is 165 Å². The second kappa shape index (κ2) is 7.77. The number of hydrogen-bond donors (Lipinski definition) is 1. The fourth-order valence-electron chi connectivity index (χ4n) is 2.52. The second-order valence-electron chi connectivity index (χ2n) is 5.79. The third-order valence-electron chi connectivity index (χ3n) is 3.59. The maximum Gasteiger partial charge on any atom is 0.373 e. The van der Waals surface area contributed by atoms with Crippen LogP contribution in [-0.2, 0) is 0 Å². The summed E-state index contributed by atoms with van der Waals surface area (Å²) in [4.78, 5) is 18.9. The summed E-state index contributed by atoms with van der Waals surface area (Å²) in [5.74, 6) is 0.209. The zero-order valence-corrected chi connectivity index (χ0v) is 15.9. The molecule has 0 bridgehead atoms. The molecule has 0 saturated heterocycles. The summed E-state index contributed by atoms with van der Waals surface area (Å²) in [5.41, 5.74) is 1.90. The van der Waals surface area contributed by atoms with Gasteiger partial charge in [-0.2, -0.15) is 4.98 Å². The Bertz CT molecular complexity index is 1010. The lowest BCUT2D eigenvalue weighted by Gasteiger charge is -2.11. The molecule has 3 aromatic rings. The summed E-state index contributed by atoms with van der Waals surface area (Å²) >= 11 is 12.1. The summed E-state index contributed by atoms with van der Waals surface area (Å²) in [6, 6.07) is 10.4. The molecule has 1 aromatic heterocycles. The summed E-state index contributed by atoms with van der Waals surface area (Å²) < 4.78 is 5.67. The van der Waals surface area contributed by atoms with Crippen molar-refractivity contribution in [2.75, 3.05) is 5.32 Å². The van der Waals surface area contributed by atoms with Crippen molar-refractivity contribution in [1.82, 2.24) is 9.97 Å². The fraction of sp³-hybridized carbons (Fsp3) is 0.111. The minimum Gasteiger partial charge on any atom is -0.434 e. The maximum absolute atomic E-state index is 11.7. The molecule has 0 aliphatic heterocycles. The average Bonchev–Trinajstić information content (AvgIpc) is 2.58. The van der Waals surface area contributed by atoms with Crippen LogP contribution < -0.4 is 10.1 Å². The summed E-state index contributed by atoms with van der Waals surface area (Å²) in [6.45, 7) is 3.81. The summed E-state index contributed by atoms with van der Waals surface area (Å²) in [6.07, 6.45) is 1.17. The van der Waals surface area contributed by atoms with Crippen molar-refractivity contribution in [3.63, 3.8) is 0 Å². The molecule has 9 heteroatoms. The van der Waals surface area contributed by atoms with Crippen LogP contribution in [-0.4, -0.2) is 14.9 Å². The number of ether oxygens (including phenoxy) is 1. The number of aryl methyl sites for hydroxylation is 2. The highest BCUT2D eigenvalue weighted by molar-refractivity contribution is 6.43. The highest BCUT2D eigenvalue weighted by Gasteiger charge is 2.26. The molecule has 3 rings (SSSR count). The van der Waals surface area contributed by atoms with E-state index in [-0.39, 0.29) is 16.7 Å². The number of benzene rings is 2. The molecular weight excluding hydrogens is 391 g/mol. The normalized spacial score (nSPS) is 10.5. The number of anilines is 2. The first kappa shape index (κ1) is 18.9. The van der Waals surface area contributed by atoms with Crippen LogP contribution in [0.4, 0.5) is 17.2 Å².